The number of hydrogen-bond acceptors (Lipinski definition) is 5. The third-order valence-corrected chi connectivity index (χ3v) is 5.93. The minimum atomic E-state index is -0.375. The van der Waals surface area contributed by atoms with E-state index in [-0.39, 0.29) is 11.2 Å². The maximum Gasteiger partial charge on any atom is 0.237 e. The zero-order valence-electron chi connectivity index (χ0n) is 16.8. The van der Waals surface area contributed by atoms with E-state index in [0.717, 1.165) is 17.0 Å². The molecule has 31 heavy (non-hydrogen) atoms. The summed E-state index contributed by atoms with van der Waals surface area (Å²) < 4.78 is 2.03. The molecule has 1 amide bonds. The topological polar surface area (TPSA) is 72.7 Å². The lowest BCUT2D eigenvalue weighted by Crippen LogP contribution is -2.23. The highest BCUT2D eigenvalue weighted by Gasteiger charge is 2.21. The predicted molar refractivity (Wildman–Crippen MR) is 124 cm³/mol. The summed E-state index contributed by atoms with van der Waals surface area (Å²) in [4.78, 5) is 16.8. The fraction of sp³-hybridized carbons (Fsp3) is 0.130. The molecule has 0 bridgehead atoms. The van der Waals surface area contributed by atoms with E-state index in [0.29, 0.717) is 22.4 Å². The third-order valence-electron chi connectivity index (χ3n) is 4.60. The first kappa shape index (κ1) is 21.1. The second-order valence-electron chi connectivity index (χ2n) is 6.87. The molecule has 2 aromatic carbocycles. The maximum atomic E-state index is 12.7. The van der Waals surface area contributed by atoms with Crippen molar-refractivity contribution in [3.63, 3.8) is 0 Å². The van der Waals surface area contributed by atoms with E-state index in [1.54, 1.807) is 36.7 Å². The van der Waals surface area contributed by atoms with Crippen LogP contribution in [0.3, 0.4) is 0 Å². The van der Waals surface area contributed by atoms with Gasteiger partial charge in [0.05, 0.1) is 11.8 Å². The number of benzene rings is 2. The van der Waals surface area contributed by atoms with Crippen LogP contribution in [-0.4, -0.2) is 30.9 Å². The Morgan fingerprint density at radius 3 is 2.45 bits per heavy atom. The first-order valence-corrected chi connectivity index (χ1v) is 11.0. The van der Waals surface area contributed by atoms with Crippen LogP contribution in [-0.2, 0) is 11.3 Å². The number of carbonyl (C=O) groups is 1. The molecular weight excluding hydrogens is 430 g/mol. The summed E-state index contributed by atoms with van der Waals surface area (Å²) in [6.07, 6.45) is 3.46. The minimum Gasteiger partial charge on any atom is -0.325 e. The molecule has 2 aromatic heterocycles. The van der Waals surface area contributed by atoms with Crippen molar-refractivity contribution in [1.29, 1.82) is 0 Å². The fourth-order valence-corrected chi connectivity index (χ4v) is 3.96. The van der Waals surface area contributed by atoms with E-state index >= 15 is 0 Å². The van der Waals surface area contributed by atoms with Gasteiger partial charge in [0, 0.05) is 28.7 Å². The average molecular weight is 450 g/mol. The van der Waals surface area contributed by atoms with Gasteiger partial charge in [0.25, 0.3) is 0 Å². The Kier molecular flexibility index (Phi) is 6.64. The summed E-state index contributed by atoms with van der Waals surface area (Å²) in [7, 11) is 0. The number of anilines is 1. The van der Waals surface area contributed by atoms with E-state index in [4.69, 9.17) is 11.6 Å². The Hall–Kier alpha value is -3.16. The van der Waals surface area contributed by atoms with E-state index in [1.807, 2.05) is 41.8 Å². The van der Waals surface area contributed by atoms with Crippen LogP contribution in [0.4, 0.5) is 5.69 Å². The lowest BCUT2D eigenvalue weighted by atomic mass is 10.2. The number of rotatable bonds is 7. The highest BCUT2D eigenvalue weighted by atomic mass is 35.5. The maximum absolute atomic E-state index is 12.7. The standard InChI is InChI=1S/C23H20ClN5OS/c1-16(22(30)26-20-9-7-19(24)8-10-20)31-23-28-27-21(18-11-13-25-14-12-18)29(23)15-17-5-3-2-4-6-17/h2-14,16H,15H2,1H3,(H,26,30). The number of nitrogens with one attached hydrogen (secondary N) is 1. The van der Waals surface area contributed by atoms with Crippen LogP contribution >= 0.6 is 23.4 Å². The quantitative estimate of drug-likeness (QED) is 0.394. The molecule has 1 N–H and O–H groups in total. The van der Waals surface area contributed by atoms with Gasteiger partial charge in [-0.2, -0.15) is 0 Å². The van der Waals surface area contributed by atoms with E-state index in [2.05, 4.69) is 32.6 Å². The molecule has 1 unspecified atom stereocenters. The van der Waals surface area contributed by atoms with Gasteiger partial charge >= 0.3 is 0 Å². The molecule has 4 rings (SSSR count). The SMILES string of the molecule is CC(Sc1nnc(-c2ccncc2)n1Cc1ccccc1)C(=O)Nc1ccc(Cl)cc1. The van der Waals surface area contributed by atoms with Crippen molar-refractivity contribution < 1.29 is 4.79 Å². The van der Waals surface area contributed by atoms with Crippen molar-refractivity contribution >= 4 is 35.0 Å². The van der Waals surface area contributed by atoms with E-state index in [1.165, 1.54) is 11.8 Å². The van der Waals surface area contributed by atoms with Crippen LogP contribution in [0.25, 0.3) is 11.4 Å². The second kappa shape index (κ2) is 9.76. The summed E-state index contributed by atoms with van der Waals surface area (Å²) in [5.74, 6) is 0.617. The van der Waals surface area contributed by atoms with Crippen molar-refractivity contribution in [2.45, 2.75) is 23.9 Å². The summed E-state index contributed by atoms with van der Waals surface area (Å²) in [5, 5.41) is 12.6. The molecular formula is C23H20ClN5OS. The molecule has 0 fully saturated rings. The number of carbonyl (C=O) groups excluding carboxylic acids is 1. The van der Waals surface area contributed by atoms with Crippen molar-refractivity contribution in [3.8, 4) is 11.4 Å². The van der Waals surface area contributed by atoms with Crippen molar-refractivity contribution in [2.75, 3.05) is 5.32 Å². The average Bonchev–Trinajstić information content (AvgIpc) is 3.18. The monoisotopic (exact) mass is 449 g/mol. The molecule has 6 nitrogen and oxygen atoms in total. The van der Waals surface area contributed by atoms with Gasteiger partial charge in [-0.3, -0.25) is 14.3 Å². The van der Waals surface area contributed by atoms with Crippen LogP contribution in [0.2, 0.25) is 5.02 Å². The number of aromatic nitrogens is 4. The largest absolute Gasteiger partial charge is 0.325 e. The Morgan fingerprint density at radius 1 is 1.03 bits per heavy atom. The number of pyridine rings is 1. The predicted octanol–water partition coefficient (Wildman–Crippen LogP) is 5.16. The molecule has 4 aromatic rings. The molecule has 0 spiro atoms. The Balaban J connectivity index is 1.57. The van der Waals surface area contributed by atoms with E-state index in [9.17, 15) is 4.79 Å². The molecule has 1 atom stereocenters. The summed E-state index contributed by atoms with van der Waals surface area (Å²) in [6.45, 7) is 2.45. The molecule has 0 radical (unpaired) electrons. The second-order valence-corrected chi connectivity index (χ2v) is 8.61. The minimum absolute atomic E-state index is 0.118. The highest BCUT2D eigenvalue weighted by Crippen LogP contribution is 2.28. The van der Waals surface area contributed by atoms with Gasteiger partial charge in [-0.15, -0.1) is 10.2 Å². The molecule has 0 saturated heterocycles. The Labute approximate surface area is 189 Å². The van der Waals surface area contributed by atoms with Crippen molar-refractivity contribution in [2.24, 2.45) is 0 Å². The van der Waals surface area contributed by atoms with Crippen molar-refractivity contribution in [1.82, 2.24) is 19.7 Å². The van der Waals surface area contributed by atoms with Crippen LogP contribution in [0.1, 0.15) is 12.5 Å². The number of nitrogens with zero attached hydrogens (tertiary/aromatic N) is 4. The van der Waals surface area contributed by atoms with Gasteiger partial charge in [0.1, 0.15) is 0 Å². The smallest absolute Gasteiger partial charge is 0.237 e. The van der Waals surface area contributed by atoms with Crippen LogP contribution in [0, 0.1) is 0 Å². The zero-order chi connectivity index (χ0) is 21.6. The molecule has 2 heterocycles. The van der Waals surface area contributed by atoms with Gasteiger partial charge in [0.15, 0.2) is 11.0 Å². The fourth-order valence-electron chi connectivity index (χ4n) is 2.99. The van der Waals surface area contributed by atoms with Gasteiger partial charge < -0.3 is 5.32 Å². The summed E-state index contributed by atoms with van der Waals surface area (Å²) in [6, 6.07) is 20.9. The lowest BCUT2D eigenvalue weighted by molar-refractivity contribution is -0.115. The number of amides is 1. The van der Waals surface area contributed by atoms with Crippen LogP contribution < -0.4 is 5.32 Å². The van der Waals surface area contributed by atoms with Crippen LogP contribution in [0.15, 0.2) is 84.3 Å². The summed E-state index contributed by atoms with van der Waals surface area (Å²) in [5.41, 5.74) is 2.74. The molecule has 0 aliphatic rings. The Morgan fingerprint density at radius 2 is 1.74 bits per heavy atom. The number of halogens is 1. The first-order valence-electron chi connectivity index (χ1n) is 9.71. The molecule has 8 heteroatoms. The summed E-state index contributed by atoms with van der Waals surface area (Å²) >= 11 is 7.29. The normalized spacial score (nSPS) is 11.8. The molecule has 156 valence electrons. The third kappa shape index (κ3) is 5.31. The van der Waals surface area contributed by atoms with Gasteiger partial charge in [-0.1, -0.05) is 53.7 Å². The van der Waals surface area contributed by atoms with Gasteiger partial charge in [-0.05, 0) is 48.9 Å². The Bertz CT molecular complexity index is 1150. The van der Waals surface area contributed by atoms with Gasteiger partial charge in [0.2, 0.25) is 5.91 Å². The van der Waals surface area contributed by atoms with Crippen molar-refractivity contribution in [3.05, 3.63) is 89.7 Å². The molecule has 0 aliphatic heterocycles. The molecule has 0 saturated carbocycles. The molecule has 0 aliphatic carbocycles. The highest BCUT2D eigenvalue weighted by molar-refractivity contribution is 8.00. The number of hydrogen-bond donors (Lipinski definition) is 1. The van der Waals surface area contributed by atoms with Gasteiger partial charge in [-0.25, -0.2) is 0 Å². The van der Waals surface area contributed by atoms with E-state index < -0.39 is 0 Å². The van der Waals surface area contributed by atoms with Crippen LogP contribution in [0.5, 0.6) is 0 Å². The zero-order valence-corrected chi connectivity index (χ0v) is 18.3. The number of thioether (sulfide) groups is 1. The first-order chi connectivity index (χ1) is 15.1. The lowest BCUT2D eigenvalue weighted by Gasteiger charge is -2.14.